The van der Waals surface area contributed by atoms with Crippen LogP contribution in [-0.2, 0) is 0 Å². The second-order valence-electron chi connectivity index (χ2n) is 4.81. The Hall–Kier alpha value is -2.95. The van der Waals surface area contributed by atoms with Gasteiger partial charge in [-0.2, -0.15) is 10.2 Å². The van der Waals surface area contributed by atoms with Gasteiger partial charge in [0.2, 0.25) is 5.95 Å². The lowest BCUT2D eigenvalue weighted by Gasteiger charge is -2.35. The Balaban J connectivity index is 1.71. The zero-order valence-electron chi connectivity index (χ0n) is 12.3. The maximum absolute atomic E-state index is 9.12. The first kappa shape index (κ1) is 14.0. The van der Waals surface area contributed by atoms with Crippen molar-refractivity contribution in [2.24, 2.45) is 0 Å². The van der Waals surface area contributed by atoms with Crippen molar-refractivity contribution in [3.8, 4) is 6.07 Å². The molecule has 0 saturated carbocycles. The van der Waals surface area contributed by atoms with Gasteiger partial charge in [0.25, 0.3) is 0 Å². The van der Waals surface area contributed by atoms with Gasteiger partial charge in [-0.3, -0.25) is 0 Å². The molecule has 1 fully saturated rings. The standard InChI is InChI=1S/C14H16N8/c1-16-12-2-3-19-14(20-12)22-8-6-21(7-9-22)13-11(10-15)17-4-5-18-13/h2-5H,6-9H2,1H3,(H,16,19,20). The molecule has 22 heavy (non-hydrogen) atoms. The van der Waals surface area contributed by atoms with Gasteiger partial charge in [0, 0.05) is 51.8 Å². The van der Waals surface area contributed by atoms with Gasteiger partial charge in [-0.25, -0.2) is 15.0 Å². The molecule has 0 radical (unpaired) electrons. The van der Waals surface area contributed by atoms with Gasteiger partial charge < -0.3 is 15.1 Å². The molecule has 0 aromatic carbocycles. The lowest BCUT2D eigenvalue weighted by molar-refractivity contribution is 0.633. The van der Waals surface area contributed by atoms with Crippen LogP contribution in [0.5, 0.6) is 0 Å². The summed E-state index contributed by atoms with van der Waals surface area (Å²) < 4.78 is 0. The van der Waals surface area contributed by atoms with Crippen LogP contribution >= 0.6 is 0 Å². The van der Waals surface area contributed by atoms with Crippen LogP contribution in [-0.4, -0.2) is 53.2 Å². The summed E-state index contributed by atoms with van der Waals surface area (Å²) in [6.07, 6.45) is 4.90. The Labute approximate surface area is 128 Å². The van der Waals surface area contributed by atoms with Crippen molar-refractivity contribution >= 4 is 17.6 Å². The maximum Gasteiger partial charge on any atom is 0.227 e. The fourth-order valence-corrected chi connectivity index (χ4v) is 2.40. The third-order valence-electron chi connectivity index (χ3n) is 3.55. The average Bonchev–Trinajstić information content (AvgIpc) is 2.62. The highest BCUT2D eigenvalue weighted by Crippen LogP contribution is 2.18. The number of hydrogen-bond acceptors (Lipinski definition) is 8. The Bertz CT molecular complexity index is 687. The lowest BCUT2D eigenvalue weighted by Crippen LogP contribution is -2.47. The van der Waals surface area contributed by atoms with Gasteiger partial charge in [0.05, 0.1) is 0 Å². The monoisotopic (exact) mass is 296 g/mol. The van der Waals surface area contributed by atoms with Crippen molar-refractivity contribution in [2.45, 2.75) is 0 Å². The molecule has 3 rings (SSSR count). The minimum atomic E-state index is 0.365. The van der Waals surface area contributed by atoms with E-state index in [2.05, 4.69) is 41.1 Å². The smallest absolute Gasteiger partial charge is 0.227 e. The van der Waals surface area contributed by atoms with Crippen molar-refractivity contribution < 1.29 is 0 Å². The molecular formula is C14H16N8. The molecule has 0 unspecified atom stereocenters. The van der Waals surface area contributed by atoms with Gasteiger partial charge in [0.1, 0.15) is 11.9 Å². The van der Waals surface area contributed by atoms with Crippen molar-refractivity contribution in [2.75, 3.05) is 48.3 Å². The van der Waals surface area contributed by atoms with Gasteiger partial charge in [-0.15, -0.1) is 0 Å². The van der Waals surface area contributed by atoms with Gasteiger partial charge in [0.15, 0.2) is 11.5 Å². The summed E-state index contributed by atoms with van der Waals surface area (Å²) in [5.74, 6) is 2.16. The number of anilines is 3. The van der Waals surface area contributed by atoms with Crippen LogP contribution in [0.3, 0.4) is 0 Å². The SMILES string of the molecule is CNc1ccnc(N2CCN(c3nccnc3C#N)CC2)n1. The van der Waals surface area contributed by atoms with Crippen LogP contribution in [0.4, 0.5) is 17.6 Å². The fourth-order valence-electron chi connectivity index (χ4n) is 2.40. The first-order valence-electron chi connectivity index (χ1n) is 7.03. The third kappa shape index (κ3) is 2.74. The highest BCUT2D eigenvalue weighted by molar-refractivity contribution is 5.51. The molecule has 112 valence electrons. The van der Waals surface area contributed by atoms with Crippen LogP contribution in [0.15, 0.2) is 24.7 Å². The lowest BCUT2D eigenvalue weighted by atomic mass is 10.3. The molecule has 8 nitrogen and oxygen atoms in total. The van der Waals surface area contributed by atoms with Crippen LogP contribution in [0.25, 0.3) is 0 Å². The van der Waals surface area contributed by atoms with E-state index in [1.807, 2.05) is 13.1 Å². The summed E-state index contributed by atoms with van der Waals surface area (Å²) in [5, 5.41) is 12.1. The van der Waals surface area contributed by atoms with Gasteiger partial charge >= 0.3 is 0 Å². The predicted octanol–water partition coefficient (Wildman–Crippen LogP) is 0.507. The molecule has 8 heteroatoms. The van der Waals surface area contributed by atoms with E-state index >= 15 is 0 Å². The van der Waals surface area contributed by atoms with Crippen molar-refractivity contribution in [3.63, 3.8) is 0 Å². The highest BCUT2D eigenvalue weighted by atomic mass is 15.3. The minimum Gasteiger partial charge on any atom is -0.373 e. The van der Waals surface area contributed by atoms with E-state index in [4.69, 9.17) is 5.26 Å². The second kappa shape index (κ2) is 6.22. The largest absolute Gasteiger partial charge is 0.373 e. The third-order valence-corrected chi connectivity index (χ3v) is 3.55. The molecule has 2 aromatic rings. The van der Waals surface area contributed by atoms with Crippen LogP contribution < -0.4 is 15.1 Å². The predicted molar refractivity (Wildman–Crippen MR) is 82.8 cm³/mol. The zero-order valence-corrected chi connectivity index (χ0v) is 12.3. The maximum atomic E-state index is 9.12. The van der Waals surface area contributed by atoms with Crippen LogP contribution in [0, 0.1) is 11.3 Å². The highest BCUT2D eigenvalue weighted by Gasteiger charge is 2.22. The van der Waals surface area contributed by atoms with Gasteiger partial charge in [-0.1, -0.05) is 0 Å². The Morgan fingerprint density at radius 3 is 2.50 bits per heavy atom. The number of piperazine rings is 1. The summed E-state index contributed by atoms with van der Waals surface area (Å²) >= 11 is 0. The Kier molecular flexibility index (Phi) is 3.96. The molecule has 0 amide bonds. The van der Waals surface area contributed by atoms with Gasteiger partial charge in [-0.05, 0) is 6.07 Å². The average molecular weight is 296 g/mol. The summed E-state index contributed by atoms with van der Waals surface area (Å²) in [6, 6.07) is 3.92. The number of nitrogens with zero attached hydrogens (tertiary/aromatic N) is 7. The molecule has 0 bridgehead atoms. The van der Waals surface area contributed by atoms with E-state index in [1.165, 1.54) is 6.20 Å². The number of nitriles is 1. The minimum absolute atomic E-state index is 0.365. The number of nitrogens with one attached hydrogen (secondary N) is 1. The fraction of sp³-hybridized carbons (Fsp3) is 0.357. The molecule has 0 atom stereocenters. The molecule has 1 N–H and O–H groups in total. The molecule has 1 aliphatic rings. The number of rotatable bonds is 3. The quantitative estimate of drug-likeness (QED) is 0.875. The van der Waals surface area contributed by atoms with Crippen LogP contribution in [0.1, 0.15) is 5.69 Å². The van der Waals surface area contributed by atoms with E-state index in [1.54, 1.807) is 12.4 Å². The molecule has 3 heterocycles. The van der Waals surface area contributed by atoms with Crippen molar-refractivity contribution in [1.29, 1.82) is 5.26 Å². The Morgan fingerprint density at radius 1 is 1.05 bits per heavy atom. The second-order valence-corrected chi connectivity index (χ2v) is 4.81. The molecule has 1 aliphatic heterocycles. The Morgan fingerprint density at radius 2 is 1.77 bits per heavy atom. The topological polar surface area (TPSA) is 93.9 Å². The van der Waals surface area contributed by atoms with E-state index < -0.39 is 0 Å². The molecule has 2 aromatic heterocycles. The van der Waals surface area contributed by atoms with Crippen molar-refractivity contribution in [1.82, 2.24) is 19.9 Å². The molecule has 0 spiro atoms. The first-order valence-corrected chi connectivity index (χ1v) is 7.03. The summed E-state index contributed by atoms with van der Waals surface area (Å²) in [6.45, 7) is 3.05. The summed E-state index contributed by atoms with van der Waals surface area (Å²) in [7, 11) is 1.83. The van der Waals surface area contributed by atoms with Crippen molar-refractivity contribution in [3.05, 3.63) is 30.4 Å². The number of aromatic nitrogens is 4. The zero-order chi connectivity index (χ0) is 15.4. The van der Waals surface area contributed by atoms with E-state index in [0.717, 1.165) is 32.0 Å². The normalized spacial score (nSPS) is 14.5. The molecule has 1 saturated heterocycles. The van der Waals surface area contributed by atoms with E-state index in [-0.39, 0.29) is 0 Å². The van der Waals surface area contributed by atoms with E-state index in [0.29, 0.717) is 17.5 Å². The first-order chi connectivity index (χ1) is 10.8. The number of hydrogen-bond donors (Lipinski definition) is 1. The molecule has 0 aliphatic carbocycles. The van der Waals surface area contributed by atoms with E-state index in [9.17, 15) is 0 Å². The summed E-state index contributed by atoms with van der Waals surface area (Å²) in [4.78, 5) is 21.3. The van der Waals surface area contributed by atoms with Crippen LogP contribution in [0.2, 0.25) is 0 Å². The molecular weight excluding hydrogens is 280 g/mol. The summed E-state index contributed by atoms with van der Waals surface area (Å²) in [5.41, 5.74) is 0.365.